The number of piperidine rings is 1. The molecule has 114 valence electrons. The highest BCUT2D eigenvalue weighted by Crippen LogP contribution is 2.56. The summed E-state index contributed by atoms with van der Waals surface area (Å²) in [5.41, 5.74) is 3.69. The van der Waals surface area contributed by atoms with E-state index >= 15 is 0 Å². The number of benzene rings is 1. The van der Waals surface area contributed by atoms with Gasteiger partial charge in [0.05, 0.1) is 7.11 Å². The van der Waals surface area contributed by atoms with Crippen molar-refractivity contribution >= 4 is 0 Å². The van der Waals surface area contributed by atoms with Crippen molar-refractivity contribution in [3.05, 3.63) is 29.3 Å². The van der Waals surface area contributed by atoms with Crippen molar-refractivity contribution in [3.8, 4) is 5.75 Å². The van der Waals surface area contributed by atoms with Crippen LogP contribution in [0.5, 0.6) is 5.75 Å². The van der Waals surface area contributed by atoms with Crippen LogP contribution in [-0.4, -0.2) is 31.1 Å². The second-order valence-electron chi connectivity index (χ2n) is 7.18. The fourth-order valence-electron chi connectivity index (χ4n) is 5.58. The lowest BCUT2D eigenvalue weighted by Crippen LogP contribution is -2.60. The number of likely N-dealkylation sites (tertiary alicyclic amines) is 1. The smallest absolute Gasteiger partial charge is 0.119 e. The number of fused-ring (bicyclic) bond motifs is 1. The SMILES string of the molecule is CCN1CC[C@@]23CCCC[C@@H]2[C@H]1Cc1ccc(OC)cc13. The molecule has 3 aliphatic rings. The summed E-state index contributed by atoms with van der Waals surface area (Å²) in [6, 6.07) is 7.65. The monoisotopic (exact) mass is 285 g/mol. The van der Waals surface area contributed by atoms with E-state index < -0.39 is 0 Å². The average Bonchev–Trinajstić information content (AvgIpc) is 2.54. The second-order valence-corrected chi connectivity index (χ2v) is 7.18. The van der Waals surface area contributed by atoms with Gasteiger partial charge in [-0.3, -0.25) is 4.90 Å². The predicted molar refractivity (Wildman–Crippen MR) is 86.0 cm³/mol. The molecular weight excluding hydrogens is 258 g/mol. The van der Waals surface area contributed by atoms with Gasteiger partial charge in [-0.25, -0.2) is 0 Å². The van der Waals surface area contributed by atoms with E-state index in [2.05, 4.69) is 30.0 Å². The molecule has 2 heteroatoms. The highest BCUT2D eigenvalue weighted by atomic mass is 16.5. The molecule has 0 aromatic heterocycles. The van der Waals surface area contributed by atoms with E-state index in [-0.39, 0.29) is 0 Å². The Morgan fingerprint density at radius 2 is 2.19 bits per heavy atom. The molecular formula is C19H27NO. The quantitative estimate of drug-likeness (QED) is 0.820. The summed E-state index contributed by atoms with van der Waals surface area (Å²) in [6.07, 6.45) is 8.26. The van der Waals surface area contributed by atoms with Gasteiger partial charge in [-0.1, -0.05) is 25.8 Å². The summed E-state index contributed by atoms with van der Waals surface area (Å²) in [7, 11) is 1.79. The summed E-state index contributed by atoms with van der Waals surface area (Å²) >= 11 is 0. The molecule has 0 spiro atoms. The van der Waals surface area contributed by atoms with Gasteiger partial charge in [0.2, 0.25) is 0 Å². The Morgan fingerprint density at radius 3 is 3.00 bits per heavy atom. The van der Waals surface area contributed by atoms with E-state index in [4.69, 9.17) is 4.74 Å². The van der Waals surface area contributed by atoms with Gasteiger partial charge in [-0.15, -0.1) is 0 Å². The minimum atomic E-state index is 0.455. The van der Waals surface area contributed by atoms with Gasteiger partial charge in [-0.05, 0) is 68.0 Å². The molecule has 3 atom stereocenters. The normalized spacial score (nSPS) is 35.0. The van der Waals surface area contributed by atoms with Crippen LogP contribution in [-0.2, 0) is 11.8 Å². The summed E-state index contributed by atoms with van der Waals surface area (Å²) < 4.78 is 5.53. The van der Waals surface area contributed by atoms with Crippen molar-refractivity contribution in [2.45, 2.75) is 56.9 Å². The number of methoxy groups -OCH3 is 1. The second kappa shape index (κ2) is 5.01. The average molecular weight is 285 g/mol. The van der Waals surface area contributed by atoms with Crippen LogP contribution >= 0.6 is 0 Å². The first-order chi connectivity index (χ1) is 10.3. The zero-order valence-electron chi connectivity index (χ0n) is 13.4. The van der Waals surface area contributed by atoms with Crippen LogP contribution in [0.25, 0.3) is 0 Å². The molecule has 0 amide bonds. The first-order valence-electron chi connectivity index (χ1n) is 8.70. The lowest BCUT2D eigenvalue weighted by Gasteiger charge is -2.59. The third-order valence-electron chi connectivity index (χ3n) is 6.57. The number of likely N-dealkylation sites (N-methyl/N-ethyl adjacent to an activating group) is 1. The molecule has 1 saturated carbocycles. The van der Waals surface area contributed by atoms with Gasteiger partial charge in [0.25, 0.3) is 0 Å². The lowest BCUT2D eigenvalue weighted by atomic mass is 9.52. The molecule has 1 aromatic rings. The van der Waals surface area contributed by atoms with Crippen molar-refractivity contribution in [3.63, 3.8) is 0 Å². The fourth-order valence-corrected chi connectivity index (χ4v) is 5.58. The van der Waals surface area contributed by atoms with Crippen LogP contribution in [0.1, 0.15) is 50.2 Å². The van der Waals surface area contributed by atoms with Crippen LogP contribution in [0, 0.1) is 5.92 Å². The largest absolute Gasteiger partial charge is 0.497 e. The van der Waals surface area contributed by atoms with Crippen LogP contribution in [0.2, 0.25) is 0 Å². The molecule has 0 N–H and O–H groups in total. The standard InChI is InChI=1S/C19H27NO/c1-3-20-11-10-19-9-5-4-6-16(19)18(20)12-14-7-8-15(21-2)13-17(14)19/h7-8,13,16,18H,3-6,9-12H2,1-2H3/t16-,18-,19+/m1/s1. The topological polar surface area (TPSA) is 12.5 Å². The Kier molecular flexibility index (Phi) is 3.25. The maximum absolute atomic E-state index is 5.53. The zero-order chi connectivity index (χ0) is 14.4. The molecule has 2 nitrogen and oxygen atoms in total. The highest BCUT2D eigenvalue weighted by Gasteiger charge is 2.53. The minimum absolute atomic E-state index is 0.455. The van der Waals surface area contributed by atoms with Crippen molar-refractivity contribution in [1.82, 2.24) is 4.90 Å². The van der Waals surface area contributed by atoms with E-state index in [0.717, 1.165) is 17.7 Å². The zero-order valence-corrected chi connectivity index (χ0v) is 13.4. The van der Waals surface area contributed by atoms with Crippen LogP contribution in [0.3, 0.4) is 0 Å². The molecule has 1 aromatic carbocycles. The molecule has 0 radical (unpaired) electrons. The predicted octanol–water partition coefficient (Wildman–Crippen LogP) is 3.77. The Bertz CT molecular complexity index is 540. The lowest BCUT2D eigenvalue weighted by molar-refractivity contribution is -0.00847. The van der Waals surface area contributed by atoms with E-state index in [1.54, 1.807) is 18.2 Å². The summed E-state index contributed by atoms with van der Waals surface area (Å²) in [6.45, 7) is 4.83. The number of hydrogen-bond donors (Lipinski definition) is 0. The van der Waals surface area contributed by atoms with Gasteiger partial charge >= 0.3 is 0 Å². The molecule has 0 unspecified atom stereocenters. The summed E-state index contributed by atoms with van der Waals surface area (Å²) in [5, 5.41) is 0. The molecule has 1 heterocycles. The summed E-state index contributed by atoms with van der Waals surface area (Å²) in [5.74, 6) is 1.92. The number of hydrogen-bond acceptors (Lipinski definition) is 2. The molecule has 1 aliphatic heterocycles. The maximum Gasteiger partial charge on any atom is 0.119 e. The molecule has 2 aliphatic carbocycles. The number of ether oxygens (including phenoxy) is 1. The highest BCUT2D eigenvalue weighted by molar-refractivity contribution is 5.45. The fraction of sp³-hybridized carbons (Fsp3) is 0.684. The van der Waals surface area contributed by atoms with Crippen molar-refractivity contribution in [2.75, 3.05) is 20.2 Å². The van der Waals surface area contributed by atoms with E-state index in [1.165, 1.54) is 51.6 Å². The molecule has 21 heavy (non-hydrogen) atoms. The Morgan fingerprint density at radius 1 is 1.29 bits per heavy atom. The van der Waals surface area contributed by atoms with Gasteiger partial charge < -0.3 is 4.74 Å². The van der Waals surface area contributed by atoms with Crippen LogP contribution in [0.4, 0.5) is 0 Å². The molecule has 4 rings (SSSR count). The molecule has 2 bridgehead atoms. The maximum atomic E-state index is 5.53. The third-order valence-corrected chi connectivity index (χ3v) is 6.57. The van der Waals surface area contributed by atoms with E-state index in [9.17, 15) is 0 Å². The number of nitrogens with zero attached hydrogens (tertiary/aromatic N) is 1. The Balaban J connectivity index is 1.85. The minimum Gasteiger partial charge on any atom is -0.497 e. The third kappa shape index (κ3) is 1.88. The number of rotatable bonds is 2. The van der Waals surface area contributed by atoms with Gasteiger partial charge in [0.15, 0.2) is 0 Å². The van der Waals surface area contributed by atoms with Gasteiger partial charge in [0, 0.05) is 11.5 Å². The van der Waals surface area contributed by atoms with Gasteiger partial charge in [0.1, 0.15) is 5.75 Å². The Hall–Kier alpha value is -1.02. The van der Waals surface area contributed by atoms with Crippen LogP contribution in [0.15, 0.2) is 18.2 Å². The van der Waals surface area contributed by atoms with E-state index in [1.807, 2.05) is 0 Å². The molecule has 1 saturated heterocycles. The summed E-state index contributed by atoms with van der Waals surface area (Å²) in [4.78, 5) is 2.75. The molecule has 2 fully saturated rings. The van der Waals surface area contributed by atoms with Crippen molar-refractivity contribution < 1.29 is 4.74 Å². The van der Waals surface area contributed by atoms with Gasteiger partial charge in [-0.2, -0.15) is 0 Å². The first kappa shape index (κ1) is 13.6. The van der Waals surface area contributed by atoms with Crippen LogP contribution < -0.4 is 4.74 Å². The van der Waals surface area contributed by atoms with Crippen molar-refractivity contribution in [2.24, 2.45) is 5.92 Å². The first-order valence-corrected chi connectivity index (χ1v) is 8.70. The van der Waals surface area contributed by atoms with Crippen molar-refractivity contribution in [1.29, 1.82) is 0 Å². The van der Waals surface area contributed by atoms with E-state index in [0.29, 0.717) is 5.41 Å². The Labute approximate surface area is 128 Å².